The number of pyridine rings is 1. The van der Waals surface area contributed by atoms with Gasteiger partial charge in [-0.25, -0.2) is 9.36 Å². The van der Waals surface area contributed by atoms with Crippen LogP contribution in [0.15, 0.2) is 59.9 Å². The number of aromatic nitrogens is 4. The molecule has 5 rings (SSSR count). The number of para-hydroxylation sites is 1. The Hall–Kier alpha value is -3.72. The van der Waals surface area contributed by atoms with Gasteiger partial charge < -0.3 is 18.8 Å². The van der Waals surface area contributed by atoms with Crippen LogP contribution < -0.4 is 10.3 Å². The van der Waals surface area contributed by atoms with E-state index in [0.29, 0.717) is 37.6 Å². The number of carbonyl (C=O) groups excluding carboxylic acids is 1. The summed E-state index contributed by atoms with van der Waals surface area (Å²) in [6, 6.07) is 11.3. The molecule has 1 aliphatic heterocycles. The van der Waals surface area contributed by atoms with Gasteiger partial charge in [0.15, 0.2) is 0 Å². The van der Waals surface area contributed by atoms with Crippen LogP contribution in [-0.2, 0) is 6.54 Å². The van der Waals surface area contributed by atoms with E-state index in [1.807, 2.05) is 44.3 Å². The number of carbonyl (C=O) groups is 1. The molecule has 0 aliphatic carbocycles. The summed E-state index contributed by atoms with van der Waals surface area (Å²) in [4.78, 5) is 33.0. The van der Waals surface area contributed by atoms with Gasteiger partial charge in [0.2, 0.25) is 0 Å². The van der Waals surface area contributed by atoms with E-state index < -0.39 is 0 Å². The van der Waals surface area contributed by atoms with Gasteiger partial charge in [0.25, 0.3) is 11.5 Å². The highest BCUT2D eigenvalue weighted by Gasteiger charge is 2.26. The summed E-state index contributed by atoms with van der Waals surface area (Å²) in [6.45, 7) is 5.59. The number of fused-ring (bicyclic) bond motifs is 1. The molecule has 1 amide bonds. The number of amides is 1. The topological polar surface area (TPSA) is 82.3 Å². The second-order valence-electron chi connectivity index (χ2n) is 7.96. The van der Waals surface area contributed by atoms with Crippen molar-refractivity contribution in [2.45, 2.75) is 20.4 Å². The average Bonchev–Trinajstić information content (AvgIpc) is 3.44. The molecule has 33 heavy (non-hydrogen) atoms. The van der Waals surface area contributed by atoms with Crippen LogP contribution in [0.5, 0.6) is 5.75 Å². The Morgan fingerprint density at radius 3 is 2.70 bits per heavy atom. The molecule has 8 nitrogen and oxygen atoms in total. The van der Waals surface area contributed by atoms with Crippen LogP contribution in [0.25, 0.3) is 16.1 Å². The fourth-order valence-corrected chi connectivity index (χ4v) is 4.80. The molecule has 0 N–H and O–H groups in total. The predicted molar refractivity (Wildman–Crippen MR) is 126 cm³/mol. The largest absolute Gasteiger partial charge is 0.491 e. The normalized spacial score (nSPS) is 13.3. The molecule has 0 spiro atoms. The predicted octanol–water partition coefficient (Wildman–Crippen LogP) is 3.31. The van der Waals surface area contributed by atoms with Gasteiger partial charge in [-0.1, -0.05) is 12.1 Å². The first-order valence-corrected chi connectivity index (χ1v) is 11.5. The molecule has 168 valence electrons. The molecule has 0 fully saturated rings. The van der Waals surface area contributed by atoms with E-state index in [0.717, 1.165) is 27.4 Å². The lowest BCUT2D eigenvalue weighted by molar-refractivity contribution is 0.0673. The summed E-state index contributed by atoms with van der Waals surface area (Å²) in [6.07, 6.45) is 5.25. The van der Waals surface area contributed by atoms with Crippen molar-refractivity contribution in [3.63, 3.8) is 0 Å². The number of hydrogen-bond acceptors (Lipinski definition) is 6. The lowest BCUT2D eigenvalue weighted by atomic mass is 10.1. The second kappa shape index (κ2) is 8.67. The minimum Gasteiger partial charge on any atom is -0.491 e. The maximum atomic E-state index is 13.0. The molecule has 1 aliphatic rings. The Balaban J connectivity index is 1.29. The van der Waals surface area contributed by atoms with Crippen LogP contribution >= 0.6 is 11.5 Å². The highest BCUT2D eigenvalue weighted by molar-refractivity contribution is 7.09. The number of hydrogen-bond donors (Lipinski definition) is 0. The van der Waals surface area contributed by atoms with E-state index >= 15 is 0 Å². The van der Waals surface area contributed by atoms with Gasteiger partial charge in [0, 0.05) is 31.0 Å². The third-order valence-corrected chi connectivity index (χ3v) is 6.68. The van der Waals surface area contributed by atoms with Gasteiger partial charge in [-0.3, -0.25) is 9.59 Å². The Morgan fingerprint density at radius 2 is 1.94 bits per heavy atom. The van der Waals surface area contributed by atoms with Crippen molar-refractivity contribution in [2.24, 2.45) is 0 Å². The van der Waals surface area contributed by atoms with Gasteiger partial charge >= 0.3 is 0 Å². The fourth-order valence-electron chi connectivity index (χ4n) is 4.02. The molecule has 0 radical (unpaired) electrons. The summed E-state index contributed by atoms with van der Waals surface area (Å²) in [5.74, 6) is 0.605. The number of benzene rings is 1. The minimum absolute atomic E-state index is 0.165. The maximum Gasteiger partial charge on any atom is 0.275 e. The Morgan fingerprint density at radius 1 is 1.09 bits per heavy atom. The first-order valence-electron chi connectivity index (χ1n) is 10.7. The molecular weight excluding hydrogens is 438 g/mol. The molecule has 3 aromatic heterocycles. The maximum absolute atomic E-state index is 13.0. The van der Waals surface area contributed by atoms with Gasteiger partial charge in [-0.05, 0) is 55.2 Å². The second-order valence-corrected chi connectivity index (χ2v) is 8.76. The monoisotopic (exact) mass is 461 g/mol. The summed E-state index contributed by atoms with van der Waals surface area (Å²) in [5.41, 5.74) is 3.62. The smallest absolute Gasteiger partial charge is 0.275 e. The van der Waals surface area contributed by atoms with Crippen LogP contribution in [0, 0.1) is 13.8 Å². The molecule has 0 saturated carbocycles. The molecule has 0 atom stereocenters. The quantitative estimate of drug-likeness (QED) is 0.440. The van der Waals surface area contributed by atoms with E-state index in [-0.39, 0.29) is 11.5 Å². The highest BCUT2D eigenvalue weighted by Crippen LogP contribution is 2.34. The lowest BCUT2D eigenvalue weighted by Crippen LogP contribution is -2.46. The Kier molecular flexibility index (Phi) is 5.55. The van der Waals surface area contributed by atoms with Crippen LogP contribution in [0.4, 0.5) is 0 Å². The molecule has 4 aromatic rings. The van der Waals surface area contributed by atoms with Crippen LogP contribution in [0.3, 0.4) is 0 Å². The molecule has 0 saturated heterocycles. The summed E-state index contributed by atoms with van der Waals surface area (Å²) >= 11 is 1.44. The van der Waals surface area contributed by atoms with Crippen molar-refractivity contribution in [3.8, 4) is 21.9 Å². The number of aryl methyl sites for hydroxylation is 2. The van der Waals surface area contributed by atoms with Gasteiger partial charge in [-0.2, -0.15) is 0 Å². The fraction of sp³-hybridized carbons (Fsp3) is 0.250. The third kappa shape index (κ3) is 3.95. The van der Waals surface area contributed by atoms with E-state index in [4.69, 9.17) is 4.74 Å². The Bertz CT molecular complexity index is 1390. The highest BCUT2D eigenvalue weighted by atomic mass is 32.1. The Labute approximate surface area is 194 Å². The van der Waals surface area contributed by atoms with Crippen LogP contribution in [0.2, 0.25) is 0 Å². The first-order chi connectivity index (χ1) is 16.0. The van der Waals surface area contributed by atoms with E-state index in [2.05, 4.69) is 9.36 Å². The summed E-state index contributed by atoms with van der Waals surface area (Å²) in [5, 5.41) is 0. The summed E-state index contributed by atoms with van der Waals surface area (Å²) in [7, 11) is 0. The van der Waals surface area contributed by atoms with Crippen LogP contribution in [0.1, 0.15) is 21.7 Å². The number of ether oxygens (including phenoxy) is 1. The third-order valence-electron chi connectivity index (χ3n) is 5.74. The van der Waals surface area contributed by atoms with Crippen molar-refractivity contribution in [2.75, 3.05) is 19.7 Å². The first kappa shape index (κ1) is 21.1. The average molecular weight is 462 g/mol. The van der Waals surface area contributed by atoms with Crippen molar-refractivity contribution in [3.05, 3.63) is 82.4 Å². The van der Waals surface area contributed by atoms with Crippen molar-refractivity contribution >= 4 is 17.4 Å². The zero-order valence-electron chi connectivity index (χ0n) is 18.4. The van der Waals surface area contributed by atoms with Gasteiger partial charge in [0.05, 0.1) is 23.4 Å². The van der Waals surface area contributed by atoms with Gasteiger partial charge in [-0.15, -0.1) is 0 Å². The van der Waals surface area contributed by atoms with Crippen molar-refractivity contribution < 1.29 is 9.53 Å². The number of nitrogens with zero attached hydrogens (tertiary/aromatic N) is 5. The minimum atomic E-state index is -0.192. The SMILES string of the molecule is Cc1cn(-c2ccc3n(c2=O)CCN(CCOc2ccccc2-c2sncc2C)C3=O)cn1. The molecule has 1 aromatic carbocycles. The van der Waals surface area contributed by atoms with E-state index in [1.165, 1.54) is 11.5 Å². The molecule has 9 heteroatoms. The lowest BCUT2D eigenvalue weighted by Gasteiger charge is -2.29. The standard InChI is InChI=1S/C24H23N5O3S/c1-16-13-26-33-22(16)18-5-3-4-6-21(18)32-12-11-27-9-10-29-20(23(27)30)8-7-19(24(29)31)28-14-17(2)25-15-28/h3-8,13-15H,9-12H2,1-2H3. The zero-order valence-corrected chi connectivity index (χ0v) is 19.2. The number of imidazole rings is 1. The molecule has 0 unspecified atom stereocenters. The summed E-state index contributed by atoms with van der Waals surface area (Å²) < 4.78 is 13.6. The van der Waals surface area contributed by atoms with Crippen molar-refractivity contribution in [1.82, 2.24) is 23.4 Å². The van der Waals surface area contributed by atoms with E-state index in [9.17, 15) is 9.59 Å². The van der Waals surface area contributed by atoms with Crippen molar-refractivity contribution in [1.29, 1.82) is 0 Å². The van der Waals surface area contributed by atoms with E-state index in [1.54, 1.807) is 38.7 Å². The zero-order chi connectivity index (χ0) is 22.9. The van der Waals surface area contributed by atoms with Gasteiger partial charge in [0.1, 0.15) is 23.7 Å². The van der Waals surface area contributed by atoms with Crippen LogP contribution in [-0.4, -0.2) is 49.0 Å². The molecule has 0 bridgehead atoms. The number of rotatable bonds is 6. The molecular formula is C24H23N5O3S. The molecule has 4 heterocycles.